The van der Waals surface area contributed by atoms with Crippen molar-refractivity contribution in [1.82, 2.24) is 19.8 Å². The highest BCUT2D eigenvalue weighted by atomic mass is 35.5. The summed E-state index contributed by atoms with van der Waals surface area (Å²) in [5.41, 5.74) is 0. The quantitative estimate of drug-likeness (QED) is 0.871. The molecule has 0 spiro atoms. The number of nitrogens with one attached hydrogen (secondary N) is 1. The number of hydrogen-bond acceptors (Lipinski definition) is 4. The van der Waals surface area contributed by atoms with Crippen molar-refractivity contribution >= 4 is 18.3 Å². The largest absolute Gasteiger partial charge is 0.371 e. The second-order valence-corrected chi connectivity index (χ2v) is 5.66. The summed E-state index contributed by atoms with van der Waals surface area (Å²) in [6.45, 7) is 3.21. The topological polar surface area (TPSA) is 59.4 Å². The predicted octanol–water partition coefficient (Wildman–Crippen LogP) is 0.741. The number of hydrogen-bond donors (Lipinski definition) is 1. The van der Waals surface area contributed by atoms with Gasteiger partial charge in [-0.05, 0) is 18.8 Å². The van der Waals surface area contributed by atoms with Crippen LogP contribution in [0.2, 0.25) is 0 Å². The number of halogens is 1. The van der Waals surface area contributed by atoms with Crippen LogP contribution in [0.25, 0.3) is 0 Å². The number of piperazine rings is 1. The first-order valence-corrected chi connectivity index (χ1v) is 7.31. The first kappa shape index (κ1) is 16.3. The van der Waals surface area contributed by atoms with E-state index in [1.165, 1.54) is 12.8 Å². The number of carbonyl (C=O) groups excluding carboxylic acids is 1. The minimum Gasteiger partial charge on any atom is -0.371 e. The maximum absolute atomic E-state index is 12.4. The van der Waals surface area contributed by atoms with Crippen molar-refractivity contribution < 1.29 is 9.53 Å². The van der Waals surface area contributed by atoms with Crippen molar-refractivity contribution in [3.05, 3.63) is 18.2 Å². The number of amides is 1. The van der Waals surface area contributed by atoms with E-state index < -0.39 is 0 Å². The van der Waals surface area contributed by atoms with Gasteiger partial charge in [0.25, 0.3) is 0 Å². The molecule has 0 bridgehead atoms. The Hall–Kier alpha value is -1.11. The van der Waals surface area contributed by atoms with Gasteiger partial charge in [-0.2, -0.15) is 0 Å². The van der Waals surface area contributed by atoms with Gasteiger partial charge in [0, 0.05) is 39.1 Å². The van der Waals surface area contributed by atoms with E-state index in [0.29, 0.717) is 12.5 Å². The number of imidazole rings is 1. The third kappa shape index (κ3) is 3.96. The number of carbonyl (C=O) groups is 1. The maximum atomic E-state index is 12.4. The fraction of sp³-hybridized carbons (Fsp3) is 0.714. The van der Waals surface area contributed by atoms with Gasteiger partial charge in [-0.15, -0.1) is 12.4 Å². The maximum Gasteiger partial charge on any atom is 0.249 e. The van der Waals surface area contributed by atoms with Crippen LogP contribution in [0.1, 0.15) is 24.7 Å². The third-order valence-electron chi connectivity index (χ3n) is 4.00. The van der Waals surface area contributed by atoms with Crippen LogP contribution >= 0.6 is 12.4 Å². The lowest BCUT2D eigenvalue weighted by molar-refractivity contribution is -0.140. The van der Waals surface area contributed by atoms with Crippen LogP contribution < -0.4 is 5.32 Å². The number of nitrogens with zero attached hydrogens (tertiary/aromatic N) is 3. The van der Waals surface area contributed by atoms with Crippen molar-refractivity contribution in [2.75, 3.05) is 32.8 Å². The van der Waals surface area contributed by atoms with Gasteiger partial charge in [0.15, 0.2) is 0 Å². The molecule has 21 heavy (non-hydrogen) atoms. The summed E-state index contributed by atoms with van der Waals surface area (Å²) in [7, 11) is 1.96. The number of aromatic nitrogens is 2. The van der Waals surface area contributed by atoms with E-state index in [-0.39, 0.29) is 31.0 Å². The highest BCUT2D eigenvalue weighted by molar-refractivity contribution is 5.85. The Morgan fingerprint density at radius 3 is 3.00 bits per heavy atom. The van der Waals surface area contributed by atoms with Gasteiger partial charge in [-0.1, -0.05) is 0 Å². The highest BCUT2D eigenvalue weighted by Crippen LogP contribution is 2.28. The molecule has 1 aliphatic carbocycles. The monoisotopic (exact) mass is 314 g/mol. The van der Waals surface area contributed by atoms with Gasteiger partial charge in [0.1, 0.15) is 18.5 Å². The van der Waals surface area contributed by atoms with Crippen LogP contribution in [0.3, 0.4) is 0 Å². The van der Waals surface area contributed by atoms with Crippen molar-refractivity contribution in [3.63, 3.8) is 0 Å². The molecule has 6 nitrogen and oxygen atoms in total. The average molecular weight is 315 g/mol. The van der Waals surface area contributed by atoms with Gasteiger partial charge in [-0.25, -0.2) is 4.98 Å². The lowest BCUT2D eigenvalue weighted by Gasteiger charge is -2.35. The zero-order valence-electron chi connectivity index (χ0n) is 12.3. The molecule has 1 saturated heterocycles. The minimum atomic E-state index is 0. The van der Waals surface area contributed by atoms with Gasteiger partial charge < -0.3 is 19.5 Å². The molecule has 2 aliphatic rings. The van der Waals surface area contributed by atoms with Gasteiger partial charge in [0.05, 0.1) is 6.61 Å². The second kappa shape index (κ2) is 7.24. The van der Waals surface area contributed by atoms with Crippen molar-refractivity contribution in [2.45, 2.75) is 18.9 Å². The molecule has 1 atom stereocenters. The summed E-state index contributed by atoms with van der Waals surface area (Å²) in [4.78, 5) is 18.6. The molecule has 1 aromatic heterocycles. The standard InChI is InChI=1S/C14H22N4O2.ClH/c1-17-6-5-16-14(17)12-8-15-4-7-18(12)13(19)10-20-9-11-2-3-11;/h5-6,11-12,15H,2-4,7-10H2,1H3;1H. The molecule has 2 heterocycles. The van der Waals surface area contributed by atoms with E-state index in [1.54, 1.807) is 6.20 Å². The van der Waals surface area contributed by atoms with Crippen LogP contribution in [0.15, 0.2) is 12.4 Å². The molecule has 2 fully saturated rings. The summed E-state index contributed by atoms with van der Waals surface area (Å²) in [5.74, 6) is 1.68. The molecule has 0 radical (unpaired) electrons. The van der Waals surface area contributed by atoms with Crippen LogP contribution in [-0.2, 0) is 16.6 Å². The fourth-order valence-corrected chi connectivity index (χ4v) is 2.61. The van der Waals surface area contributed by atoms with E-state index in [0.717, 1.165) is 25.5 Å². The number of aryl methyl sites for hydroxylation is 1. The molecule has 7 heteroatoms. The van der Waals surface area contributed by atoms with E-state index in [4.69, 9.17) is 4.74 Å². The molecular weight excluding hydrogens is 292 g/mol. The molecule has 1 unspecified atom stereocenters. The van der Waals surface area contributed by atoms with Crippen molar-refractivity contribution in [3.8, 4) is 0 Å². The SMILES string of the molecule is Cl.Cn1ccnc1C1CNCCN1C(=O)COCC1CC1. The Bertz CT molecular complexity index is 475. The molecule has 1 amide bonds. The Morgan fingerprint density at radius 1 is 1.52 bits per heavy atom. The Balaban J connectivity index is 0.00000161. The van der Waals surface area contributed by atoms with Crippen LogP contribution in [0.5, 0.6) is 0 Å². The number of rotatable bonds is 5. The van der Waals surface area contributed by atoms with Gasteiger partial charge >= 0.3 is 0 Å². The zero-order chi connectivity index (χ0) is 13.9. The fourth-order valence-electron chi connectivity index (χ4n) is 2.61. The molecule has 1 N–H and O–H groups in total. The summed E-state index contributed by atoms with van der Waals surface area (Å²) in [6, 6.07) is 0.000718. The summed E-state index contributed by atoms with van der Waals surface area (Å²) in [5, 5.41) is 3.33. The normalized spacial score (nSPS) is 22.0. The summed E-state index contributed by atoms with van der Waals surface area (Å²) >= 11 is 0. The molecule has 1 saturated carbocycles. The highest BCUT2D eigenvalue weighted by Gasteiger charge is 2.30. The smallest absolute Gasteiger partial charge is 0.249 e. The average Bonchev–Trinajstić information content (AvgIpc) is 3.19. The van der Waals surface area contributed by atoms with E-state index in [1.807, 2.05) is 22.7 Å². The molecule has 1 aliphatic heterocycles. The van der Waals surface area contributed by atoms with Gasteiger partial charge in [0.2, 0.25) is 5.91 Å². The van der Waals surface area contributed by atoms with E-state index >= 15 is 0 Å². The molecule has 3 rings (SSSR count). The molecule has 118 valence electrons. The van der Waals surface area contributed by atoms with E-state index in [2.05, 4.69) is 10.3 Å². The minimum absolute atomic E-state index is 0. The second-order valence-electron chi connectivity index (χ2n) is 5.66. The Morgan fingerprint density at radius 2 is 2.33 bits per heavy atom. The van der Waals surface area contributed by atoms with Crippen molar-refractivity contribution in [1.29, 1.82) is 0 Å². The summed E-state index contributed by atoms with van der Waals surface area (Å²) in [6.07, 6.45) is 6.18. The van der Waals surface area contributed by atoms with Crippen LogP contribution in [0.4, 0.5) is 0 Å². The third-order valence-corrected chi connectivity index (χ3v) is 4.00. The Kier molecular flexibility index (Phi) is 5.61. The first-order chi connectivity index (χ1) is 9.75. The summed E-state index contributed by atoms with van der Waals surface area (Å²) < 4.78 is 7.50. The van der Waals surface area contributed by atoms with E-state index in [9.17, 15) is 4.79 Å². The number of ether oxygens (including phenoxy) is 1. The predicted molar refractivity (Wildman–Crippen MR) is 81.3 cm³/mol. The molecule has 1 aromatic rings. The first-order valence-electron chi connectivity index (χ1n) is 7.31. The molecular formula is C14H23ClN4O2. The molecule has 0 aromatic carbocycles. The van der Waals surface area contributed by atoms with Crippen LogP contribution in [-0.4, -0.2) is 53.2 Å². The lowest BCUT2D eigenvalue weighted by atomic mass is 10.1. The zero-order valence-corrected chi connectivity index (χ0v) is 13.1. The van der Waals surface area contributed by atoms with Gasteiger partial charge in [-0.3, -0.25) is 4.79 Å². The lowest BCUT2D eigenvalue weighted by Crippen LogP contribution is -2.50. The van der Waals surface area contributed by atoms with Crippen LogP contribution in [0, 0.1) is 5.92 Å². The Labute approximate surface area is 131 Å². The van der Waals surface area contributed by atoms with Crippen molar-refractivity contribution in [2.24, 2.45) is 13.0 Å².